The number of halogens is 3. The molecule has 1 fully saturated rings. The number of carbonyl (C=O) groups excluding carboxylic acids is 3. The van der Waals surface area contributed by atoms with Crippen molar-refractivity contribution in [1.82, 2.24) is 15.5 Å². The molecule has 0 saturated carbocycles. The highest BCUT2D eigenvalue weighted by Gasteiger charge is 2.48. The molecule has 8 nitrogen and oxygen atoms in total. The second-order valence-corrected chi connectivity index (χ2v) is 12.6. The first-order valence-electron chi connectivity index (χ1n) is 13.7. The number of aliphatic hydroxyl groups excluding tert-OH is 1. The number of hydrogen-bond acceptors (Lipinski definition) is 6. The molecule has 0 aromatic heterocycles. The van der Waals surface area contributed by atoms with Crippen molar-refractivity contribution < 1.29 is 37.4 Å². The molecule has 3 amide bonds. The minimum absolute atomic E-state index is 0.0918. The van der Waals surface area contributed by atoms with Crippen molar-refractivity contribution in [3.8, 4) is 0 Å². The van der Waals surface area contributed by atoms with E-state index in [1.807, 2.05) is 0 Å². The predicted octanol–water partition coefficient (Wildman–Crippen LogP) is 4.83. The topological polar surface area (TPSA) is 108 Å². The molecule has 3 N–H and O–H groups in total. The highest BCUT2D eigenvalue weighted by atomic mass is 32.2. The number of benzene rings is 2. The molecular weight excluding hydrogens is 571 g/mol. The van der Waals surface area contributed by atoms with Gasteiger partial charge in [0, 0.05) is 5.75 Å². The molecule has 1 aliphatic rings. The second kappa shape index (κ2) is 13.8. The lowest BCUT2D eigenvalue weighted by Gasteiger charge is -2.35. The standard InChI is InChI=1S/C30H38F3N3O5S/c1-18(2)23(35-28(40)41-29(3,4)5)26(39)36-22(17-42-27(36)20-14-10-7-11-15-20)25(38)34-21(24(37)30(31,32)33)16-19-12-8-6-9-13-19/h6-15,18,21-24,27,37H,16-17H2,1-5H3,(H,34,38)(H,35,40)/t21?,22-,23-,24?,27?/m0/s1. The fourth-order valence-corrected chi connectivity index (χ4v) is 6.01. The van der Waals surface area contributed by atoms with Crippen LogP contribution in [0.3, 0.4) is 0 Å². The van der Waals surface area contributed by atoms with E-state index in [0.29, 0.717) is 11.1 Å². The third-order valence-electron chi connectivity index (χ3n) is 6.59. The molecule has 0 bridgehead atoms. The van der Waals surface area contributed by atoms with E-state index in [-0.39, 0.29) is 12.2 Å². The smallest absolute Gasteiger partial charge is 0.416 e. The summed E-state index contributed by atoms with van der Waals surface area (Å²) in [6.45, 7) is 8.51. The van der Waals surface area contributed by atoms with Crippen LogP contribution in [0.15, 0.2) is 60.7 Å². The molecule has 0 aliphatic carbocycles. The minimum atomic E-state index is -4.99. The maximum absolute atomic E-state index is 14.1. The van der Waals surface area contributed by atoms with Crippen LogP contribution >= 0.6 is 11.8 Å². The average molecular weight is 610 g/mol. The van der Waals surface area contributed by atoms with E-state index in [2.05, 4.69) is 10.6 Å². The molecule has 3 unspecified atom stereocenters. The number of ether oxygens (including phenoxy) is 1. The van der Waals surface area contributed by atoms with Crippen molar-refractivity contribution in [3.05, 3.63) is 71.8 Å². The molecule has 5 atom stereocenters. The van der Waals surface area contributed by atoms with Crippen molar-refractivity contribution >= 4 is 29.7 Å². The number of rotatable bonds is 9. The minimum Gasteiger partial charge on any atom is -0.444 e. The maximum Gasteiger partial charge on any atom is 0.416 e. The van der Waals surface area contributed by atoms with Crippen molar-refractivity contribution in [1.29, 1.82) is 0 Å². The van der Waals surface area contributed by atoms with Crippen LogP contribution in [0.2, 0.25) is 0 Å². The van der Waals surface area contributed by atoms with Gasteiger partial charge in [0.25, 0.3) is 0 Å². The number of alkyl halides is 3. The fourth-order valence-electron chi connectivity index (χ4n) is 4.58. The Morgan fingerprint density at radius 1 is 1.00 bits per heavy atom. The molecule has 1 saturated heterocycles. The number of nitrogens with zero attached hydrogens (tertiary/aromatic N) is 1. The van der Waals surface area contributed by atoms with Gasteiger partial charge in [-0.2, -0.15) is 13.2 Å². The van der Waals surface area contributed by atoms with Crippen molar-refractivity contribution in [2.75, 3.05) is 5.75 Å². The number of hydrogen-bond donors (Lipinski definition) is 3. The summed E-state index contributed by atoms with van der Waals surface area (Å²) in [6, 6.07) is 13.2. The number of nitrogens with one attached hydrogen (secondary N) is 2. The molecule has 2 aromatic rings. The first-order valence-corrected chi connectivity index (χ1v) is 14.7. The van der Waals surface area contributed by atoms with Crippen molar-refractivity contribution in [3.63, 3.8) is 0 Å². The van der Waals surface area contributed by atoms with Gasteiger partial charge in [0.05, 0.1) is 6.04 Å². The van der Waals surface area contributed by atoms with Gasteiger partial charge in [0.1, 0.15) is 23.1 Å². The molecule has 42 heavy (non-hydrogen) atoms. The summed E-state index contributed by atoms with van der Waals surface area (Å²) in [6.07, 6.45) is -8.91. The Morgan fingerprint density at radius 3 is 2.10 bits per heavy atom. The zero-order chi connectivity index (χ0) is 31.2. The van der Waals surface area contributed by atoms with Gasteiger partial charge in [0.15, 0.2) is 6.10 Å². The zero-order valence-electron chi connectivity index (χ0n) is 24.2. The lowest BCUT2D eigenvalue weighted by Crippen LogP contribution is -2.59. The summed E-state index contributed by atoms with van der Waals surface area (Å²) < 4.78 is 46.2. The Kier molecular flexibility index (Phi) is 10.9. The Morgan fingerprint density at radius 2 is 1.57 bits per heavy atom. The summed E-state index contributed by atoms with van der Waals surface area (Å²) in [5.41, 5.74) is 0.380. The molecular formula is C30H38F3N3O5S. The van der Waals surface area contributed by atoms with E-state index >= 15 is 0 Å². The number of aliphatic hydroxyl groups is 1. The molecule has 1 heterocycles. The normalized spacial score (nSPS) is 19.6. The SMILES string of the molecule is CC(C)[C@H](NC(=O)OC(C)(C)C)C(=O)N1C(c2ccccc2)SC[C@H]1C(=O)NC(Cc1ccccc1)C(O)C(F)(F)F. The van der Waals surface area contributed by atoms with Crippen LogP contribution in [0.4, 0.5) is 18.0 Å². The summed E-state index contributed by atoms with van der Waals surface area (Å²) in [7, 11) is 0. The van der Waals surface area contributed by atoms with Gasteiger partial charge in [-0.05, 0) is 44.2 Å². The Bertz CT molecular complexity index is 1210. The first kappa shape index (κ1) is 33.3. The summed E-state index contributed by atoms with van der Waals surface area (Å²) >= 11 is 1.29. The number of thioether (sulfide) groups is 1. The van der Waals surface area contributed by atoms with Gasteiger partial charge in [-0.15, -0.1) is 11.8 Å². The highest BCUT2D eigenvalue weighted by molar-refractivity contribution is 7.99. The summed E-state index contributed by atoms with van der Waals surface area (Å²) in [5.74, 6) is -1.73. The molecule has 3 rings (SSSR count). The van der Waals surface area contributed by atoms with E-state index in [1.165, 1.54) is 16.7 Å². The number of alkyl carbamates (subject to hydrolysis) is 1. The third-order valence-corrected chi connectivity index (χ3v) is 7.91. The fraction of sp³-hybridized carbons (Fsp3) is 0.500. The molecule has 0 spiro atoms. The average Bonchev–Trinajstić information content (AvgIpc) is 3.35. The predicted molar refractivity (Wildman–Crippen MR) is 154 cm³/mol. The van der Waals surface area contributed by atoms with Crippen LogP contribution in [0, 0.1) is 5.92 Å². The van der Waals surface area contributed by atoms with Crippen LogP contribution in [-0.2, 0) is 20.7 Å². The van der Waals surface area contributed by atoms with Gasteiger partial charge >= 0.3 is 12.3 Å². The van der Waals surface area contributed by atoms with E-state index in [0.717, 1.165) is 0 Å². The Balaban J connectivity index is 1.94. The van der Waals surface area contributed by atoms with Crippen molar-refractivity contribution in [2.45, 2.75) is 82.4 Å². The largest absolute Gasteiger partial charge is 0.444 e. The zero-order valence-corrected chi connectivity index (χ0v) is 25.0. The van der Waals surface area contributed by atoms with Crippen LogP contribution in [0.1, 0.15) is 51.1 Å². The van der Waals surface area contributed by atoms with E-state index in [9.17, 15) is 32.7 Å². The van der Waals surface area contributed by atoms with Crippen LogP contribution in [-0.4, -0.2) is 69.7 Å². The first-order chi connectivity index (χ1) is 19.6. The number of carbonyl (C=O) groups is 3. The molecule has 1 aliphatic heterocycles. The molecule has 230 valence electrons. The summed E-state index contributed by atoms with van der Waals surface area (Å²) in [5, 5.41) is 14.5. The van der Waals surface area contributed by atoms with E-state index in [1.54, 1.807) is 95.3 Å². The van der Waals surface area contributed by atoms with Gasteiger partial charge in [-0.25, -0.2) is 4.79 Å². The molecule has 0 radical (unpaired) electrons. The molecule has 2 aromatic carbocycles. The highest BCUT2D eigenvalue weighted by Crippen LogP contribution is 2.42. The van der Waals surface area contributed by atoms with Crippen LogP contribution in [0.25, 0.3) is 0 Å². The van der Waals surface area contributed by atoms with Gasteiger partial charge in [0.2, 0.25) is 11.8 Å². The quantitative estimate of drug-likeness (QED) is 0.376. The van der Waals surface area contributed by atoms with E-state index in [4.69, 9.17) is 4.74 Å². The van der Waals surface area contributed by atoms with Gasteiger partial charge in [-0.1, -0.05) is 74.5 Å². The monoisotopic (exact) mass is 609 g/mol. The Labute approximate surface area is 248 Å². The number of amides is 3. The van der Waals surface area contributed by atoms with E-state index < -0.39 is 65.2 Å². The summed E-state index contributed by atoms with van der Waals surface area (Å²) in [4.78, 5) is 41.7. The van der Waals surface area contributed by atoms with Gasteiger partial charge in [-0.3, -0.25) is 9.59 Å². The second-order valence-electron chi connectivity index (χ2n) is 11.5. The van der Waals surface area contributed by atoms with Crippen molar-refractivity contribution in [2.24, 2.45) is 5.92 Å². The van der Waals surface area contributed by atoms with Crippen LogP contribution < -0.4 is 10.6 Å². The van der Waals surface area contributed by atoms with Gasteiger partial charge < -0.3 is 25.4 Å². The lowest BCUT2D eigenvalue weighted by atomic mass is 9.99. The van der Waals surface area contributed by atoms with Crippen LogP contribution in [0.5, 0.6) is 0 Å². The maximum atomic E-state index is 14.1. The molecule has 12 heteroatoms. The third kappa shape index (κ3) is 8.87. The Hall–Kier alpha value is -3.25. The lowest BCUT2D eigenvalue weighted by molar-refractivity contribution is -0.212.